The molecule has 0 bridgehead atoms. The Morgan fingerprint density at radius 3 is 1.60 bits per heavy atom. The van der Waals surface area contributed by atoms with Gasteiger partial charge in [-0.05, 0) is 18.1 Å². The standard InChI is InChI=1S/C11H16F6O2Si/c1-9(2,3)20(4,5)19-8(11(15,16)17)6-7(18)10(12,13)14/h6H,1-5H3. The van der Waals surface area contributed by atoms with Crippen molar-refractivity contribution in [2.45, 2.75) is 51.3 Å². The van der Waals surface area contributed by atoms with E-state index >= 15 is 0 Å². The van der Waals surface area contributed by atoms with E-state index in [1.54, 1.807) is 20.8 Å². The van der Waals surface area contributed by atoms with Crippen LogP contribution in [-0.4, -0.2) is 26.5 Å². The van der Waals surface area contributed by atoms with Crippen LogP contribution in [0.15, 0.2) is 11.8 Å². The van der Waals surface area contributed by atoms with Gasteiger partial charge >= 0.3 is 12.4 Å². The third-order valence-corrected chi connectivity index (χ3v) is 7.33. The van der Waals surface area contributed by atoms with Gasteiger partial charge in [0, 0.05) is 6.08 Å². The number of halogens is 6. The molecule has 2 nitrogen and oxygen atoms in total. The van der Waals surface area contributed by atoms with E-state index in [1.165, 1.54) is 13.1 Å². The normalized spacial score (nSPS) is 15.2. The van der Waals surface area contributed by atoms with Gasteiger partial charge in [-0.15, -0.1) is 0 Å². The van der Waals surface area contributed by atoms with Gasteiger partial charge in [0.25, 0.3) is 5.78 Å². The van der Waals surface area contributed by atoms with Crippen LogP contribution >= 0.6 is 0 Å². The van der Waals surface area contributed by atoms with Gasteiger partial charge in [0.05, 0.1) is 0 Å². The lowest BCUT2D eigenvalue weighted by atomic mass is 10.2. The van der Waals surface area contributed by atoms with Crippen LogP contribution in [0.3, 0.4) is 0 Å². The number of alkyl halides is 6. The summed E-state index contributed by atoms with van der Waals surface area (Å²) in [5, 5.41) is -0.654. The van der Waals surface area contributed by atoms with Crippen LogP contribution in [0, 0.1) is 0 Å². The molecule has 0 aromatic carbocycles. The molecule has 0 amide bonds. The fourth-order valence-corrected chi connectivity index (χ4v) is 1.83. The molecule has 0 rings (SSSR count). The number of hydrogen-bond acceptors (Lipinski definition) is 2. The maximum absolute atomic E-state index is 12.7. The van der Waals surface area contributed by atoms with E-state index in [2.05, 4.69) is 0 Å². The van der Waals surface area contributed by atoms with E-state index in [9.17, 15) is 31.1 Å². The second-order valence-corrected chi connectivity index (χ2v) is 10.5. The van der Waals surface area contributed by atoms with E-state index in [-0.39, 0.29) is 0 Å². The quantitative estimate of drug-likeness (QED) is 0.329. The number of carbonyl (C=O) groups excluding carboxylic acids is 1. The number of allylic oxidation sites excluding steroid dienone is 2. The van der Waals surface area contributed by atoms with Gasteiger partial charge in [0.1, 0.15) is 0 Å². The van der Waals surface area contributed by atoms with Gasteiger partial charge in [0.15, 0.2) is 5.76 Å². The van der Waals surface area contributed by atoms with Crippen LogP contribution in [0.1, 0.15) is 20.8 Å². The van der Waals surface area contributed by atoms with Crippen LogP contribution in [0.25, 0.3) is 0 Å². The summed E-state index contributed by atoms with van der Waals surface area (Å²) >= 11 is 0. The van der Waals surface area contributed by atoms with Crippen molar-refractivity contribution < 1.29 is 35.6 Å². The summed E-state index contributed by atoms with van der Waals surface area (Å²) in [6.07, 6.45) is -11.1. The minimum atomic E-state index is -5.37. The number of ketones is 1. The average Bonchev–Trinajstić information content (AvgIpc) is 2.11. The third kappa shape index (κ3) is 5.18. The second kappa shape index (κ2) is 5.42. The largest absolute Gasteiger partial charge is 0.540 e. The first-order valence-corrected chi connectivity index (χ1v) is 8.48. The maximum atomic E-state index is 12.7. The van der Waals surface area contributed by atoms with Gasteiger partial charge in [-0.1, -0.05) is 20.8 Å². The molecular formula is C11H16F6O2Si. The Bertz CT molecular complexity index is 401. The zero-order valence-corrected chi connectivity index (χ0v) is 12.7. The summed E-state index contributed by atoms with van der Waals surface area (Å²) in [5.41, 5.74) is 0. The van der Waals surface area contributed by atoms with E-state index in [4.69, 9.17) is 4.43 Å². The monoisotopic (exact) mass is 322 g/mol. The Labute approximate surface area is 113 Å². The molecule has 0 saturated carbocycles. The zero-order chi connectivity index (χ0) is 16.6. The lowest BCUT2D eigenvalue weighted by molar-refractivity contribution is -0.166. The molecule has 118 valence electrons. The molecule has 0 aromatic heterocycles. The zero-order valence-electron chi connectivity index (χ0n) is 11.7. The molecule has 0 aromatic rings. The van der Waals surface area contributed by atoms with Crippen molar-refractivity contribution in [2.75, 3.05) is 0 Å². The Morgan fingerprint density at radius 1 is 0.950 bits per heavy atom. The smallest absolute Gasteiger partial charge is 0.454 e. The molecule has 0 aliphatic rings. The molecule has 0 heterocycles. The molecule has 0 N–H and O–H groups in total. The molecule has 0 unspecified atom stereocenters. The molecule has 0 spiro atoms. The van der Waals surface area contributed by atoms with E-state index in [1.807, 2.05) is 0 Å². The SMILES string of the molecule is CC(C)(C)[Si](C)(C)OC(=CC(=O)C(F)(F)F)C(F)(F)F. The van der Waals surface area contributed by atoms with E-state index in [0.29, 0.717) is 0 Å². The number of carbonyl (C=O) groups is 1. The fraction of sp³-hybridized carbons (Fsp3) is 0.727. The lowest BCUT2D eigenvalue weighted by Gasteiger charge is -2.37. The summed E-state index contributed by atoms with van der Waals surface area (Å²) in [6, 6.07) is 0. The predicted octanol–water partition coefficient (Wildman–Crippen LogP) is 4.59. The summed E-state index contributed by atoms with van der Waals surface area (Å²) in [7, 11) is -3.01. The van der Waals surface area contributed by atoms with Crippen molar-refractivity contribution in [3.8, 4) is 0 Å². The van der Waals surface area contributed by atoms with Gasteiger partial charge < -0.3 is 4.43 Å². The van der Waals surface area contributed by atoms with E-state index in [0.717, 1.165) is 0 Å². The molecule has 0 aliphatic carbocycles. The average molecular weight is 322 g/mol. The summed E-state index contributed by atoms with van der Waals surface area (Å²) in [4.78, 5) is 10.7. The van der Waals surface area contributed by atoms with Gasteiger partial charge in [-0.2, -0.15) is 26.3 Å². The van der Waals surface area contributed by atoms with Crippen molar-refractivity contribution >= 4 is 14.1 Å². The van der Waals surface area contributed by atoms with Crippen molar-refractivity contribution in [3.05, 3.63) is 11.8 Å². The topological polar surface area (TPSA) is 26.3 Å². The number of hydrogen-bond donors (Lipinski definition) is 0. The van der Waals surface area contributed by atoms with Crippen molar-refractivity contribution in [3.63, 3.8) is 0 Å². The first kappa shape index (κ1) is 19.0. The molecule has 0 aliphatic heterocycles. The Hall–Kier alpha value is -0.993. The van der Waals surface area contributed by atoms with Crippen molar-refractivity contribution in [1.82, 2.24) is 0 Å². The van der Waals surface area contributed by atoms with E-state index < -0.39 is 43.3 Å². The Kier molecular flexibility index (Phi) is 5.15. The minimum absolute atomic E-state index is 0.527. The van der Waals surface area contributed by atoms with Gasteiger partial charge in [0.2, 0.25) is 8.32 Å². The Balaban J connectivity index is 5.55. The number of rotatable bonds is 3. The van der Waals surface area contributed by atoms with Crippen LogP contribution in [-0.2, 0) is 9.22 Å². The first-order valence-electron chi connectivity index (χ1n) is 5.57. The predicted molar refractivity (Wildman–Crippen MR) is 63.5 cm³/mol. The van der Waals surface area contributed by atoms with Crippen LogP contribution < -0.4 is 0 Å². The molecule has 9 heteroatoms. The molecule has 20 heavy (non-hydrogen) atoms. The van der Waals surface area contributed by atoms with Gasteiger partial charge in [-0.3, -0.25) is 4.79 Å². The van der Waals surface area contributed by atoms with Crippen molar-refractivity contribution in [1.29, 1.82) is 0 Å². The van der Waals surface area contributed by atoms with Crippen molar-refractivity contribution in [2.24, 2.45) is 0 Å². The minimum Gasteiger partial charge on any atom is -0.540 e. The van der Waals surface area contributed by atoms with Gasteiger partial charge in [-0.25, -0.2) is 0 Å². The Morgan fingerprint density at radius 2 is 1.35 bits per heavy atom. The molecule has 0 radical (unpaired) electrons. The molecule has 0 saturated heterocycles. The summed E-state index contributed by atoms with van der Waals surface area (Å²) in [6.45, 7) is 7.74. The third-order valence-electron chi connectivity index (χ3n) is 2.99. The second-order valence-electron chi connectivity index (χ2n) is 5.73. The highest BCUT2D eigenvalue weighted by molar-refractivity contribution is 6.74. The van der Waals surface area contributed by atoms with Crippen LogP contribution in [0.2, 0.25) is 18.1 Å². The summed E-state index contributed by atoms with van der Waals surface area (Å²) < 4.78 is 79.1. The molecular weight excluding hydrogens is 306 g/mol. The highest BCUT2D eigenvalue weighted by Gasteiger charge is 2.47. The first-order chi connectivity index (χ1) is 8.48. The highest BCUT2D eigenvalue weighted by Crippen LogP contribution is 2.41. The maximum Gasteiger partial charge on any atom is 0.454 e. The summed E-state index contributed by atoms with van der Waals surface area (Å²) in [5.74, 6) is -4.49. The molecule has 0 fully saturated rings. The fourth-order valence-electron chi connectivity index (χ4n) is 0.798. The van der Waals surface area contributed by atoms with Crippen LogP contribution in [0.4, 0.5) is 26.3 Å². The molecule has 0 atom stereocenters. The highest BCUT2D eigenvalue weighted by atomic mass is 28.4. The van der Waals surface area contributed by atoms with Crippen LogP contribution in [0.5, 0.6) is 0 Å². The lowest BCUT2D eigenvalue weighted by Crippen LogP contribution is -2.42.